The van der Waals surface area contributed by atoms with E-state index in [-0.39, 0.29) is 18.0 Å². The summed E-state index contributed by atoms with van der Waals surface area (Å²) in [6.45, 7) is 5.91. The predicted molar refractivity (Wildman–Crippen MR) is 77.4 cm³/mol. The Morgan fingerprint density at radius 1 is 1.60 bits per heavy atom. The molecule has 1 aromatic heterocycles. The molecule has 1 atom stereocenters. The number of carbonyl (C=O) groups excluding carboxylic acids is 1. The summed E-state index contributed by atoms with van der Waals surface area (Å²) < 4.78 is 5.44. The second kappa shape index (κ2) is 6.67. The molecular weight excluding hydrogens is 256 g/mol. The van der Waals surface area contributed by atoms with Crippen molar-refractivity contribution in [2.45, 2.75) is 32.5 Å². The molecule has 2 rings (SSSR count). The Morgan fingerprint density at radius 2 is 2.40 bits per heavy atom. The van der Waals surface area contributed by atoms with Gasteiger partial charge in [-0.2, -0.15) is 0 Å². The van der Waals surface area contributed by atoms with Gasteiger partial charge in [-0.15, -0.1) is 0 Å². The summed E-state index contributed by atoms with van der Waals surface area (Å²) in [5, 5.41) is 2.93. The summed E-state index contributed by atoms with van der Waals surface area (Å²) in [5.74, 6) is 0.750. The molecule has 0 aromatic carbocycles. The van der Waals surface area contributed by atoms with Crippen molar-refractivity contribution in [2.24, 2.45) is 5.73 Å². The minimum Gasteiger partial charge on any atom is -0.377 e. The molecule has 1 aliphatic rings. The smallest absolute Gasteiger partial charge is 0.245 e. The summed E-state index contributed by atoms with van der Waals surface area (Å²) in [5.41, 5.74) is 6.44. The zero-order valence-electron chi connectivity index (χ0n) is 12.0. The normalized spacial score (nSPS) is 19.2. The molecule has 0 aliphatic carbocycles. The number of nitrogens with one attached hydrogen (secondary N) is 1. The van der Waals surface area contributed by atoms with Crippen molar-refractivity contribution in [1.82, 2.24) is 10.3 Å². The van der Waals surface area contributed by atoms with Crippen LogP contribution in [0.3, 0.4) is 0 Å². The average molecular weight is 278 g/mol. The fourth-order valence-corrected chi connectivity index (χ4v) is 2.22. The maximum Gasteiger partial charge on any atom is 0.245 e. The van der Waals surface area contributed by atoms with Crippen LogP contribution in [0.5, 0.6) is 0 Å². The van der Waals surface area contributed by atoms with E-state index in [1.54, 1.807) is 0 Å². The number of aromatic nitrogens is 1. The molecule has 20 heavy (non-hydrogen) atoms. The quantitative estimate of drug-likeness (QED) is 0.826. The van der Waals surface area contributed by atoms with Gasteiger partial charge in [0.05, 0.1) is 18.9 Å². The Balaban J connectivity index is 2.19. The molecule has 0 bridgehead atoms. The lowest BCUT2D eigenvalue weighted by molar-refractivity contribution is -0.125. The van der Waals surface area contributed by atoms with Crippen molar-refractivity contribution >= 4 is 11.7 Å². The van der Waals surface area contributed by atoms with Gasteiger partial charge in [0.1, 0.15) is 11.9 Å². The van der Waals surface area contributed by atoms with Crippen molar-refractivity contribution in [3.63, 3.8) is 0 Å². The van der Waals surface area contributed by atoms with E-state index in [1.807, 2.05) is 36.9 Å². The first-order valence-electron chi connectivity index (χ1n) is 6.92. The number of anilines is 1. The third kappa shape index (κ3) is 3.46. The Kier molecular flexibility index (Phi) is 4.92. The van der Waals surface area contributed by atoms with Gasteiger partial charge in [0.2, 0.25) is 5.91 Å². The molecule has 0 saturated carbocycles. The highest BCUT2D eigenvalue weighted by atomic mass is 16.5. The number of morpholine rings is 1. The van der Waals surface area contributed by atoms with E-state index in [2.05, 4.69) is 10.3 Å². The predicted octanol–water partition coefficient (Wildman–Crippen LogP) is 0.270. The number of carbonyl (C=O) groups is 1. The highest BCUT2D eigenvalue weighted by Crippen LogP contribution is 2.18. The lowest BCUT2D eigenvalue weighted by Crippen LogP contribution is -2.55. The first kappa shape index (κ1) is 14.7. The molecule has 1 fully saturated rings. The van der Waals surface area contributed by atoms with Crippen LogP contribution in [-0.4, -0.2) is 42.7 Å². The second-order valence-corrected chi connectivity index (χ2v) is 5.14. The van der Waals surface area contributed by atoms with Gasteiger partial charge in [0.25, 0.3) is 0 Å². The van der Waals surface area contributed by atoms with Crippen LogP contribution in [0.15, 0.2) is 18.2 Å². The fraction of sp³-hybridized carbons (Fsp3) is 0.571. The molecule has 0 spiro atoms. The number of nitrogens with two attached hydrogens (primary N) is 1. The summed E-state index contributed by atoms with van der Waals surface area (Å²) in [4.78, 5) is 18.7. The molecule has 110 valence electrons. The Labute approximate surface area is 119 Å². The third-order valence-corrected chi connectivity index (χ3v) is 3.16. The highest BCUT2D eigenvalue weighted by Gasteiger charge is 2.30. The first-order chi connectivity index (χ1) is 9.61. The molecule has 1 saturated heterocycles. The number of pyridine rings is 1. The van der Waals surface area contributed by atoms with E-state index in [0.717, 1.165) is 11.5 Å². The van der Waals surface area contributed by atoms with Gasteiger partial charge in [-0.25, -0.2) is 4.98 Å². The van der Waals surface area contributed by atoms with Crippen molar-refractivity contribution in [3.8, 4) is 0 Å². The molecule has 1 amide bonds. The fourth-order valence-electron chi connectivity index (χ4n) is 2.22. The molecule has 0 radical (unpaired) electrons. The number of hydrogen-bond donors (Lipinski definition) is 2. The van der Waals surface area contributed by atoms with Gasteiger partial charge in [-0.05, 0) is 26.0 Å². The number of nitrogens with zero attached hydrogens (tertiary/aromatic N) is 2. The van der Waals surface area contributed by atoms with Gasteiger partial charge < -0.3 is 20.7 Å². The summed E-state index contributed by atoms with van der Waals surface area (Å²) in [6.07, 6.45) is 0. The van der Waals surface area contributed by atoms with Crippen LogP contribution in [0, 0.1) is 0 Å². The maximum atomic E-state index is 12.3. The SMILES string of the molecule is CC(C)NC(=O)C1COCCN1c1cccc(CN)n1. The van der Waals surface area contributed by atoms with Crippen LogP contribution in [0.25, 0.3) is 0 Å². The van der Waals surface area contributed by atoms with E-state index in [0.29, 0.717) is 26.3 Å². The first-order valence-corrected chi connectivity index (χ1v) is 6.92. The molecule has 1 aliphatic heterocycles. The van der Waals surface area contributed by atoms with Crippen LogP contribution < -0.4 is 16.0 Å². The van der Waals surface area contributed by atoms with Crippen LogP contribution in [0.1, 0.15) is 19.5 Å². The molecule has 6 nitrogen and oxygen atoms in total. The van der Waals surface area contributed by atoms with Gasteiger partial charge in [-0.3, -0.25) is 4.79 Å². The minimum absolute atomic E-state index is 0.0281. The summed E-state index contributed by atoms with van der Waals surface area (Å²) in [6, 6.07) is 5.46. The average Bonchev–Trinajstić information content (AvgIpc) is 2.46. The Hall–Kier alpha value is -1.66. The number of hydrogen-bond acceptors (Lipinski definition) is 5. The van der Waals surface area contributed by atoms with Crippen molar-refractivity contribution in [3.05, 3.63) is 23.9 Å². The molecule has 3 N–H and O–H groups in total. The largest absolute Gasteiger partial charge is 0.377 e. The van der Waals surface area contributed by atoms with Crippen LogP contribution in [-0.2, 0) is 16.1 Å². The lowest BCUT2D eigenvalue weighted by atomic mass is 10.2. The monoisotopic (exact) mass is 278 g/mol. The zero-order valence-corrected chi connectivity index (χ0v) is 12.0. The second-order valence-electron chi connectivity index (χ2n) is 5.14. The van der Waals surface area contributed by atoms with Crippen LogP contribution in [0.2, 0.25) is 0 Å². The van der Waals surface area contributed by atoms with Crippen LogP contribution >= 0.6 is 0 Å². The van der Waals surface area contributed by atoms with Crippen LogP contribution in [0.4, 0.5) is 5.82 Å². The van der Waals surface area contributed by atoms with Crippen molar-refractivity contribution in [2.75, 3.05) is 24.7 Å². The van der Waals surface area contributed by atoms with E-state index in [1.165, 1.54) is 0 Å². The lowest BCUT2D eigenvalue weighted by Gasteiger charge is -2.36. The highest BCUT2D eigenvalue weighted by molar-refractivity contribution is 5.85. The molecule has 1 unspecified atom stereocenters. The summed E-state index contributed by atoms with van der Waals surface area (Å²) >= 11 is 0. The number of amides is 1. The van der Waals surface area contributed by atoms with Gasteiger partial charge in [0, 0.05) is 19.1 Å². The maximum absolute atomic E-state index is 12.3. The van der Waals surface area contributed by atoms with Crippen molar-refractivity contribution < 1.29 is 9.53 Å². The number of rotatable bonds is 4. The van der Waals surface area contributed by atoms with Gasteiger partial charge in [0.15, 0.2) is 0 Å². The zero-order chi connectivity index (χ0) is 14.5. The van der Waals surface area contributed by atoms with E-state index in [4.69, 9.17) is 10.5 Å². The molecule has 1 aromatic rings. The standard InChI is InChI=1S/C14H22N4O2/c1-10(2)16-14(19)12-9-20-7-6-18(12)13-5-3-4-11(8-15)17-13/h3-5,10,12H,6-9,15H2,1-2H3,(H,16,19). The van der Waals surface area contributed by atoms with Crippen molar-refractivity contribution in [1.29, 1.82) is 0 Å². The van der Waals surface area contributed by atoms with E-state index < -0.39 is 0 Å². The molecule has 2 heterocycles. The van der Waals surface area contributed by atoms with Gasteiger partial charge >= 0.3 is 0 Å². The molecular formula is C14H22N4O2. The Bertz CT molecular complexity index is 464. The number of ether oxygens (including phenoxy) is 1. The minimum atomic E-state index is -0.341. The van der Waals surface area contributed by atoms with Gasteiger partial charge in [-0.1, -0.05) is 6.07 Å². The van der Waals surface area contributed by atoms with E-state index in [9.17, 15) is 4.79 Å². The topological polar surface area (TPSA) is 80.5 Å². The summed E-state index contributed by atoms with van der Waals surface area (Å²) in [7, 11) is 0. The molecule has 6 heteroatoms. The third-order valence-electron chi connectivity index (χ3n) is 3.16. The van der Waals surface area contributed by atoms with E-state index >= 15 is 0 Å². The Morgan fingerprint density at radius 3 is 3.10 bits per heavy atom.